The summed E-state index contributed by atoms with van der Waals surface area (Å²) in [7, 11) is -3.44. The first-order valence-corrected chi connectivity index (χ1v) is 10.4. The average Bonchev–Trinajstić information content (AvgIpc) is 3.40. The second-order valence-electron chi connectivity index (χ2n) is 6.41. The lowest BCUT2D eigenvalue weighted by Crippen LogP contribution is -2.47. The Morgan fingerprint density at radius 3 is 2.50 bits per heavy atom. The Labute approximate surface area is 163 Å². The monoisotopic (exact) mass is 400 g/mol. The van der Waals surface area contributed by atoms with Crippen LogP contribution in [0.25, 0.3) is 17.7 Å². The maximum atomic E-state index is 12.5. The number of rotatable bonds is 6. The maximum Gasteiger partial charge on any atom is 0.283 e. The molecule has 3 aromatic rings. The van der Waals surface area contributed by atoms with Crippen molar-refractivity contribution in [3.8, 4) is 11.7 Å². The molecule has 146 valence electrons. The number of hydrogen-bond acceptors (Lipinski definition) is 7. The van der Waals surface area contributed by atoms with Crippen molar-refractivity contribution in [3.05, 3.63) is 65.6 Å². The molecule has 0 amide bonds. The molecular weight excluding hydrogens is 380 g/mol. The third-order valence-electron chi connectivity index (χ3n) is 4.48. The van der Waals surface area contributed by atoms with Gasteiger partial charge in [-0.15, -0.1) is 10.2 Å². The van der Waals surface area contributed by atoms with Crippen molar-refractivity contribution >= 4 is 16.1 Å². The van der Waals surface area contributed by atoms with E-state index >= 15 is 0 Å². The molecule has 2 aromatic heterocycles. The van der Waals surface area contributed by atoms with E-state index in [1.165, 1.54) is 9.71 Å². The second kappa shape index (κ2) is 8.09. The molecule has 8 nitrogen and oxygen atoms in total. The lowest BCUT2D eigenvalue weighted by Gasteiger charge is -2.32. The standard InChI is InChI=1S/C19H20N4O4S/c24-28(25,14-8-16-5-2-1-3-6-16)23-11-9-22(10-12-23)15-18-20-21-19(27-18)17-7-4-13-26-17/h1-8,13-14H,9-12,15H2/b14-8+. The lowest BCUT2D eigenvalue weighted by molar-refractivity contribution is 0.169. The average molecular weight is 400 g/mol. The highest BCUT2D eigenvalue weighted by atomic mass is 32.2. The van der Waals surface area contributed by atoms with E-state index in [2.05, 4.69) is 15.1 Å². The summed E-state index contributed by atoms with van der Waals surface area (Å²) in [5.41, 5.74) is 0.855. The molecule has 0 radical (unpaired) electrons. The maximum absolute atomic E-state index is 12.5. The molecule has 1 aliphatic rings. The van der Waals surface area contributed by atoms with Gasteiger partial charge in [-0.2, -0.15) is 4.31 Å². The van der Waals surface area contributed by atoms with Gasteiger partial charge in [0, 0.05) is 31.6 Å². The number of hydrogen-bond donors (Lipinski definition) is 0. The van der Waals surface area contributed by atoms with Crippen LogP contribution in [0.4, 0.5) is 0 Å². The van der Waals surface area contributed by atoms with Gasteiger partial charge in [-0.05, 0) is 23.8 Å². The molecule has 0 aliphatic carbocycles. The minimum absolute atomic E-state index is 0.340. The third kappa shape index (κ3) is 4.38. The topological polar surface area (TPSA) is 92.7 Å². The largest absolute Gasteiger partial charge is 0.459 e. The van der Waals surface area contributed by atoms with Gasteiger partial charge in [0.2, 0.25) is 15.9 Å². The SMILES string of the molecule is O=S(=O)(/C=C/c1ccccc1)N1CCN(Cc2nnc(-c3ccco3)o2)CC1. The van der Waals surface area contributed by atoms with Crippen LogP contribution in [0.3, 0.4) is 0 Å². The fourth-order valence-corrected chi connectivity index (χ4v) is 4.14. The molecule has 0 spiro atoms. The smallest absolute Gasteiger partial charge is 0.283 e. The van der Waals surface area contributed by atoms with Crippen molar-refractivity contribution < 1.29 is 17.3 Å². The first kappa shape index (κ1) is 18.6. The van der Waals surface area contributed by atoms with Crippen LogP contribution < -0.4 is 0 Å². The summed E-state index contributed by atoms with van der Waals surface area (Å²) in [5, 5.41) is 9.28. The van der Waals surface area contributed by atoms with Crippen LogP contribution in [-0.4, -0.2) is 54.0 Å². The second-order valence-corrected chi connectivity index (χ2v) is 8.23. The van der Waals surface area contributed by atoms with E-state index in [1.807, 2.05) is 30.3 Å². The van der Waals surface area contributed by atoms with Gasteiger partial charge >= 0.3 is 0 Å². The van der Waals surface area contributed by atoms with Gasteiger partial charge in [-0.1, -0.05) is 30.3 Å². The van der Waals surface area contributed by atoms with Crippen molar-refractivity contribution in [1.82, 2.24) is 19.4 Å². The summed E-state index contributed by atoms with van der Waals surface area (Å²) < 4.78 is 37.4. The van der Waals surface area contributed by atoms with Gasteiger partial charge in [-0.25, -0.2) is 8.42 Å². The number of aromatic nitrogens is 2. The summed E-state index contributed by atoms with van der Waals surface area (Å²) in [6.07, 6.45) is 3.17. The molecule has 1 aromatic carbocycles. The zero-order valence-corrected chi connectivity index (χ0v) is 16.0. The number of benzene rings is 1. The van der Waals surface area contributed by atoms with Crippen molar-refractivity contribution in [1.29, 1.82) is 0 Å². The minimum Gasteiger partial charge on any atom is -0.459 e. The Balaban J connectivity index is 1.32. The van der Waals surface area contributed by atoms with Crippen LogP contribution in [-0.2, 0) is 16.6 Å². The Bertz CT molecular complexity index is 1020. The Kier molecular flexibility index (Phi) is 5.38. The number of piperazine rings is 1. The van der Waals surface area contributed by atoms with E-state index in [0.29, 0.717) is 50.3 Å². The molecule has 0 atom stereocenters. The fraction of sp³-hybridized carbons (Fsp3) is 0.263. The first-order chi connectivity index (χ1) is 13.6. The zero-order valence-electron chi connectivity index (χ0n) is 15.1. The molecule has 0 unspecified atom stereocenters. The summed E-state index contributed by atoms with van der Waals surface area (Å²) >= 11 is 0. The molecule has 0 bridgehead atoms. The predicted molar refractivity (Wildman–Crippen MR) is 103 cm³/mol. The van der Waals surface area contributed by atoms with Crippen LogP contribution in [0, 0.1) is 0 Å². The number of sulfonamides is 1. The number of nitrogens with zero attached hydrogens (tertiary/aromatic N) is 4. The van der Waals surface area contributed by atoms with Gasteiger partial charge in [0.25, 0.3) is 5.89 Å². The van der Waals surface area contributed by atoms with Gasteiger partial charge in [0.05, 0.1) is 12.8 Å². The quantitative estimate of drug-likeness (QED) is 0.627. The molecule has 4 rings (SSSR count). The molecular formula is C19H20N4O4S. The lowest BCUT2D eigenvalue weighted by atomic mass is 10.2. The number of furan rings is 1. The highest BCUT2D eigenvalue weighted by Gasteiger charge is 2.26. The van der Waals surface area contributed by atoms with E-state index < -0.39 is 10.0 Å². The fourth-order valence-electron chi connectivity index (χ4n) is 2.97. The molecule has 0 N–H and O–H groups in total. The Morgan fingerprint density at radius 2 is 1.79 bits per heavy atom. The van der Waals surface area contributed by atoms with Crippen LogP contribution in [0.5, 0.6) is 0 Å². The molecule has 0 saturated carbocycles. The summed E-state index contributed by atoms with van der Waals surface area (Å²) in [6.45, 7) is 2.50. The third-order valence-corrected chi connectivity index (χ3v) is 6.05. The van der Waals surface area contributed by atoms with Crippen molar-refractivity contribution in [2.75, 3.05) is 26.2 Å². The normalized spacial score (nSPS) is 16.7. The molecule has 1 saturated heterocycles. The molecule has 3 heterocycles. The van der Waals surface area contributed by atoms with Crippen LogP contribution in [0.2, 0.25) is 0 Å². The van der Waals surface area contributed by atoms with Crippen LogP contribution in [0.15, 0.2) is 63.0 Å². The zero-order chi connectivity index (χ0) is 19.4. The van der Waals surface area contributed by atoms with Crippen LogP contribution in [0.1, 0.15) is 11.5 Å². The van der Waals surface area contributed by atoms with E-state index in [4.69, 9.17) is 8.83 Å². The minimum atomic E-state index is -3.44. The Morgan fingerprint density at radius 1 is 1.00 bits per heavy atom. The first-order valence-electron chi connectivity index (χ1n) is 8.92. The molecule has 28 heavy (non-hydrogen) atoms. The van der Waals surface area contributed by atoms with Crippen LogP contribution >= 0.6 is 0 Å². The van der Waals surface area contributed by atoms with Crippen molar-refractivity contribution in [3.63, 3.8) is 0 Å². The van der Waals surface area contributed by atoms with Gasteiger partial charge < -0.3 is 8.83 Å². The predicted octanol–water partition coefficient (Wildman–Crippen LogP) is 2.45. The van der Waals surface area contributed by atoms with E-state index in [0.717, 1.165) is 5.56 Å². The molecule has 9 heteroatoms. The molecule has 1 aliphatic heterocycles. The highest BCUT2D eigenvalue weighted by Crippen LogP contribution is 2.19. The van der Waals surface area contributed by atoms with E-state index in [9.17, 15) is 8.42 Å². The summed E-state index contributed by atoms with van der Waals surface area (Å²) in [4.78, 5) is 2.09. The molecule has 1 fully saturated rings. The highest BCUT2D eigenvalue weighted by molar-refractivity contribution is 7.92. The van der Waals surface area contributed by atoms with Crippen molar-refractivity contribution in [2.45, 2.75) is 6.54 Å². The Hall–Kier alpha value is -2.75. The van der Waals surface area contributed by atoms with Gasteiger partial charge in [-0.3, -0.25) is 4.90 Å². The van der Waals surface area contributed by atoms with Gasteiger partial charge in [0.15, 0.2) is 5.76 Å². The van der Waals surface area contributed by atoms with Crippen molar-refractivity contribution in [2.24, 2.45) is 0 Å². The van der Waals surface area contributed by atoms with E-state index in [1.54, 1.807) is 24.5 Å². The van der Waals surface area contributed by atoms with Gasteiger partial charge in [0.1, 0.15) is 0 Å². The van der Waals surface area contributed by atoms with E-state index in [-0.39, 0.29) is 0 Å². The summed E-state index contributed by atoms with van der Waals surface area (Å²) in [6, 6.07) is 12.9. The summed E-state index contributed by atoms with van der Waals surface area (Å²) in [5.74, 6) is 1.35.